The lowest BCUT2D eigenvalue weighted by atomic mass is 10.2. The van der Waals surface area contributed by atoms with Crippen LogP contribution in [0.3, 0.4) is 0 Å². The fourth-order valence-corrected chi connectivity index (χ4v) is 3.32. The van der Waals surface area contributed by atoms with Gasteiger partial charge in [-0.3, -0.25) is 9.71 Å². The van der Waals surface area contributed by atoms with E-state index < -0.39 is 20.7 Å². The number of hydrogen-bond donors (Lipinski definition) is 2. The molecule has 0 aliphatic carbocycles. The number of aromatic nitrogens is 1. The predicted octanol–water partition coefficient (Wildman–Crippen LogP) is 2.44. The van der Waals surface area contributed by atoms with E-state index in [-0.39, 0.29) is 22.8 Å². The molecule has 8 heteroatoms. The van der Waals surface area contributed by atoms with E-state index in [0.29, 0.717) is 5.69 Å². The number of pyridine rings is 1. The van der Waals surface area contributed by atoms with Gasteiger partial charge in [0, 0.05) is 23.3 Å². The maximum absolute atomic E-state index is 14.2. The Morgan fingerprint density at radius 3 is 2.76 bits per heavy atom. The number of anilines is 1. The van der Waals surface area contributed by atoms with Gasteiger partial charge in [-0.15, -0.1) is 0 Å². The molecule has 2 aromatic rings. The van der Waals surface area contributed by atoms with Crippen molar-refractivity contribution in [1.82, 2.24) is 4.98 Å². The van der Waals surface area contributed by atoms with Gasteiger partial charge in [0.1, 0.15) is 10.7 Å². The van der Waals surface area contributed by atoms with Gasteiger partial charge in [-0.2, -0.15) is 0 Å². The number of nitrogens with two attached hydrogens (primary N) is 1. The molecule has 2 rings (SSSR count). The first-order chi connectivity index (χ1) is 9.85. The van der Waals surface area contributed by atoms with Gasteiger partial charge >= 0.3 is 0 Å². The number of hydrogen-bond acceptors (Lipinski definition) is 4. The lowest BCUT2D eigenvalue weighted by Gasteiger charge is -2.12. The number of benzene rings is 1. The van der Waals surface area contributed by atoms with Crippen LogP contribution in [-0.4, -0.2) is 13.4 Å². The van der Waals surface area contributed by atoms with E-state index >= 15 is 0 Å². The van der Waals surface area contributed by atoms with E-state index in [4.69, 9.17) is 17.3 Å². The highest BCUT2D eigenvalue weighted by Crippen LogP contribution is 2.26. The molecule has 0 radical (unpaired) electrons. The first-order valence-electron chi connectivity index (χ1n) is 5.97. The van der Waals surface area contributed by atoms with Crippen LogP contribution in [0.2, 0.25) is 5.02 Å². The highest BCUT2D eigenvalue weighted by atomic mass is 35.5. The van der Waals surface area contributed by atoms with Crippen molar-refractivity contribution in [2.75, 3.05) is 4.72 Å². The monoisotopic (exact) mass is 329 g/mol. The second-order valence-corrected chi connectivity index (χ2v) is 6.41. The number of aryl methyl sites for hydroxylation is 1. The van der Waals surface area contributed by atoms with Gasteiger partial charge in [0.2, 0.25) is 0 Å². The van der Waals surface area contributed by atoms with Crippen molar-refractivity contribution in [3.63, 3.8) is 0 Å². The van der Waals surface area contributed by atoms with Crippen LogP contribution in [0.15, 0.2) is 35.4 Å². The van der Waals surface area contributed by atoms with E-state index in [0.717, 1.165) is 6.07 Å². The lowest BCUT2D eigenvalue weighted by Crippen LogP contribution is -2.17. The summed E-state index contributed by atoms with van der Waals surface area (Å²) >= 11 is 5.81. The van der Waals surface area contributed by atoms with Crippen LogP contribution < -0.4 is 10.5 Å². The van der Waals surface area contributed by atoms with Crippen molar-refractivity contribution in [3.05, 3.63) is 52.6 Å². The smallest absolute Gasteiger partial charge is 0.264 e. The molecule has 21 heavy (non-hydrogen) atoms. The SMILES string of the molecule is Cc1ncccc1NS(=O)(=O)c1cc(Cl)cc(CN)c1F. The van der Waals surface area contributed by atoms with Gasteiger partial charge in [-0.05, 0) is 31.2 Å². The summed E-state index contributed by atoms with van der Waals surface area (Å²) in [5.74, 6) is -0.907. The average molecular weight is 330 g/mol. The third-order valence-electron chi connectivity index (χ3n) is 2.84. The summed E-state index contributed by atoms with van der Waals surface area (Å²) in [6.07, 6.45) is 1.53. The van der Waals surface area contributed by atoms with Crippen LogP contribution in [0.4, 0.5) is 10.1 Å². The molecule has 0 fully saturated rings. The molecule has 3 N–H and O–H groups in total. The van der Waals surface area contributed by atoms with Crippen LogP contribution >= 0.6 is 11.6 Å². The molecule has 1 aromatic heterocycles. The van der Waals surface area contributed by atoms with Gasteiger partial charge in [-0.25, -0.2) is 12.8 Å². The van der Waals surface area contributed by atoms with Crippen LogP contribution in [0.25, 0.3) is 0 Å². The van der Waals surface area contributed by atoms with Crippen LogP contribution in [0.5, 0.6) is 0 Å². The van der Waals surface area contributed by atoms with E-state index in [2.05, 4.69) is 9.71 Å². The molecule has 0 saturated carbocycles. The largest absolute Gasteiger partial charge is 0.326 e. The van der Waals surface area contributed by atoms with Crippen molar-refractivity contribution >= 4 is 27.3 Å². The van der Waals surface area contributed by atoms with Crippen LogP contribution in [-0.2, 0) is 16.6 Å². The molecule has 0 saturated heterocycles. The zero-order valence-corrected chi connectivity index (χ0v) is 12.7. The molecular formula is C13H13ClFN3O2S. The lowest BCUT2D eigenvalue weighted by molar-refractivity contribution is 0.561. The maximum Gasteiger partial charge on any atom is 0.264 e. The second kappa shape index (κ2) is 5.97. The van der Waals surface area contributed by atoms with Crippen molar-refractivity contribution in [2.24, 2.45) is 5.73 Å². The molecule has 0 aliphatic heterocycles. The summed E-state index contributed by atoms with van der Waals surface area (Å²) in [7, 11) is -4.13. The minimum Gasteiger partial charge on any atom is -0.326 e. The van der Waals surface area contributed by atoms with Crippen molar-refractivity contribution in [1.29, 1.82) is 0 Å². The van der Waals surface area contributed by atoms with Crippen LogP contribution in [0.1, 0.15) is 11.3 Å². The summed E-state index contributed by atoms with van der Waals surface area (Å²) in [4.78, 5) is 3.42. The Morgan fingerprint density at radius 1 is 1.43 bits per heavy atom. The first-order valence-corrected chi connectivity index (χ1v) is 7.83. The van der Waals surface area contributed by atoms with E-state index in [1.165, 1.54) is 18.3 Å². The van der Waals surface area contributed by atoms with E-state index in [1.807, 2.05) is 0 Å². The van der Waals surface area contributed by atoms with Gasteiger partial charge in [0.25, 0.3) is 10.0 Å². The Balaban J connectivity index is 2.50. The van der Waals surface area contributed by atoms with Crippen molar-refractivity contribution in [2.45, 2.75) is 18.4 Å². The van der Waals surface area contributed by atoms with E-state index in [1.54, 1.807) is 13.0 Å². The van der Waals surface area contributed by atoms with Crippen molar-refractivity contribution in [3.8, 4) is 0 Å². The molecule has 0 aliphatic rings. The third kappa shape index (κ3) is 3.31. The maximum atomic E-state index is 14.2. The molecule has 0 spiro atoms. The predicted molar refractivity (Wildman–Crippen MR) is 79.1 cm³/mol. The van der Waals surface area contributed by atoms with E-state index in [9.17, 15) is 12.8 Å². The molecule has 0 unspecified atom stereocenters. The Kier molecular flexibility index (Phi) is 4.46. The van der Waals surface area contributed by atoms with Gasteiger partial charge < -0.3 is 5.73 Å². The topological polar surface area (TPSA) is 85.1 Å². The number of halogens is 2. The Bertz CT molecular complexity index is 781. The minimum absolute atomic E-state index is 0.0331. The first kappa shape index (κ1) is 15.7. The molecule has 1 heterocycles. The minimum atomic E-state index is -4.13. The van der Waals surface area contributed by atoms with Gasteiger partial charge in [-0.1, -0.05) is 11.6 Å². The molecule has 0 amide bonds. The molecule has 1 aromatic carbocycles. The second-order valence-electron chi connectivity index (χ2n) is 4.32. The number of nitrogens with zero attached hydrogens (tertiary/aromatic N) is 1. The highest BCUT2D eigenvalue weighted by Gasteiger charge is 2.23. The third-order valence-corrected chi connectivity index (χ3v) is 4.42. The summed E-state index contributed by atoms with van der Waals surface area (Å²) < 4.78 is 41.1. The summed E-state index contributed by atoms with van der Waals surface area (Å²) in [6.45, 7) is 1.48. The summed E-state index contributed by atoms with van der Waals surface area (Å²) in [5, 5.41) is 0.0973. The number of sulfonamides is 1. The molecule has 0 bridgehead atoms. The molecule has 0 atom stereocenters. The summed E-state index contributed by atoms with van der Waals surface area (Å²) in [6, 6.07) is 5.45. The molecular weight excluding hydrogens is 317 g/mol. The molecule has 112 valence electrons. The summed E-state index contributed by atoms with van der Waals surface area (Å²) in [5.41, 5.74) is 6.16. The fraction of sp³-hybridized carbons (Fsp3) is 0.154. The zero-order chi connectivity index (χ0) is 15.6. The highest BCUT2D eigenvalue weighted by molar-refractivity contribution is 7.92. The average Bonchev–Trinajstić information content (AvgIpc) is 2.43. The van der Waals surface area contributed by atoms with Crippen molar-refractivity contribution < 1.29 is 12.8 Å². The zero-order valence-electron chi connectivity index (χ0n) is 11.1. The quantitative estimate of drug-likeness (QED) is 0.902. The van der Waals surface area contributed by atoms with Crippen LogP contribution in [0, 0.1) is 12.7 Å². The Labute approximate surface area is 127 Å². The standard InChI is InChI=1S/C13H13ClFN3O2S/c1-8-11(3-2-4-17-8)18-21(19,20)12-6-10(14)5-9(7-16)13(12)15/h2-6,18H,7,16H2,1H3. The Hall–Kier alpha value is -1.70. The fourth-order valence-electron chi connectivity index (χ4n) is 1.75. The Morgan fingerprint density at radius 2 is 2.14 bits per heavy atom. The molecule has 5 nitrogen and oxygen atoms in total. The van der Waals surface area contributed by atoms with Gasteiger partial charge in [0.05, 0.1) is 11.4 Å². The number of rotatable bonds is 4. The number of nitrogens with one attached hydrogen (secondary N) is 1. The normalized spacial score (nSPS) is 11.4. The van der Waals surface area contributed by atoms with Gasteiger partial charge in [0.15, 0.2) is 0 Å².